The number of aryl methyl sites for hydroxylation is 1. The summed E-state index contributed by atoms with van der Waals surface area (Å²) in [6.45, 7) is -2.58. The molecule has 2 aromatic rings. The molecule has 3 heterocycles. The Hall–Kier alpha value is -2.08. The van der Waals surface area contributed by atoms with Gasteiger partial charge in [0.1, 0.15) is 11.3 Å². The summed E-state index contributed by atoms with van der Waals surface area (Å²) in [5.41, 5.74) is 0.101. The van der Waals surface area contributed by atoms with E-state index in [1.165, 1.54) is 12.5 Å². The largest absolute Gasteiger partial charge is 0.506 e. The number of hydrogen-bond acceptors (Lipinski definition) is 4. The number of carbonyl (C=O) groups excluding carboxylic acids is 1. The number of nitrogens with one attached hydrogen (secondary N) is 1. The molecule has 2 bridgehead atoms. The number of rotatable bonds is 2. The molecule has 2 aliphatic heterocycles. The smallest absolute Gasteiger partial charge is 0.272 e. The molecule has 1 unspecified atom stereocenters. The standard InChI is InChI=1S/C18H24N4O2/c1-21-12-5-3-6-13(21)10-11(9-12)19-18(24)16-14-7-4-8-15(23)17(14)22(2)20-16/h4,7-8,11-13,23H,3,5-6,9-10H2,1-2H3,(H,19,24)/t11?,12-,13+/i2D3. The molecule has 24 heavy (non-hydrogen) atoms. The molecule has 0 spiro atoms. The van der Waals surface area contributed by atoms with Crippen LogP contribution < -0.4 is 5.32 Å². The number of aromatic hydroxyl groups is 1. The third-order valence-corrected chi connectivity index (χ3v) is 5.57. The maximum absolute atomic E-state index is 12.9. The number of carbonyl (C=O) groups is 1. The predicted octanol–water partition coefficient (Wildman–Crippen LogP) is 2.02. The van der Waals surface area contributed by atoms with Gasteiger partial charge in [0.25, 0.3) is 5.91 Å². The number of fused-ring (bicyclic) bond motifs is 3. The molecule has 6 heteroatoms. The molecule has 1 aromatic heterocycles. The maximum atomic E-state index is 12.9. The van der Waals surface area contributed by atoms with E-state index >= 15 is 0 Å². The van der Waals surface area contributed by atoms with Gasteiger partial charge in [0, 0.05) is 34.6 Å². The van der Waals surface area contributed by atoms with Gasteiger partial charge in [-0.2, -0.15) is 5.10 Å². The van der Waals surface area contributed by atoms with Crippen molar-refractivity contribution in [1.29, 1.82) is 0 Å². The number of phenols is 1. The number of amides is 1. The lowest BCUT2D eigenvalue weighted by atomic mass is 9.82. The van der Waals surface area contributed by atoms with Gasteiger partial charge in [-0.3, -0.25) is 9.48 Å². The highest BCUT2D eigenvalue weighted by atomic mass is 16.3. The highest BCUT2D eigenvalue weighted by molar-refractivity contribution is 6.06. The van der Waals surface area contributed by atoms with E-state index in [4.69, 9.17) is 4.11 Å². The van der Waals surface area contributed by atoms with E-state index in [9.17, 15) is 9.90 Å². The van der Waals surface area contributed by atoms with Gasteiger partial charge < -0.3 is 15.3 Å². The van der Waals surface area contributed by atoms with Crippen molar-refractivity contribution in [3.63, 3.8) is 0 Å². The monoisotopic (exact) mass is 331 g/mol. The van der Waals surface area contributed by atoms with Crippen LogP contribution in [0.4, 0.5) is 0 Å². The van der Waals surface area contributed by atoms with Crippen LogP contribution >= 0.6 is 0 Å². The van der Waals surface area contributed by atoms with Crippen molar-refractivity contribution >= 4 is 16.8 Å². The summed E-state index contributed by atoms with van der Waals surface area (Å²) in [5.74, 6) is -0.592. The molecular weight excluding hydrogens is 304 g/mol. The molecule has 128 valence electrons. The second kappa shape index (κ2) is 5.77. The van der Waals surface area contributed by atoms with Crippen molar-refractivity contribution in [1.82, 2.24) is 20.0 Å². The van der Waals surface area contributed by atoms with Gasteiger partial charge in [-0.1, -0.05) is 18.6 Å². The lowest BCUT2D eigenvalue weighted by molar-refractivity contribution is 0.0462. The highest BCUT2D eigenvalue weighted by Crippen LogP contribution is 2.33. The molecule has 2 N–H and O–H groups in total. The van der Waals surface area contributed by atoms with E-state index in [0.29, 0.717) is 17.5 Å². The number of para-hydroxylation sites is 1. The van der Waals surface area contributed by atoms with Crippen LogP contribution in [0.3, 0.4) is 0 Å². The number of hydrogen-bond donors (Lipinski definition) is 2. The Morgan fingerprint density at radius 2 is 2.12 bits per heavy atom. The first-order chi connectivity index (χ1) is 12.8. The number of piperidine rings is 2. The molecule has 2 fully saturated rings. The second-order valence-corrected chi connectivity index (χ2v) is 6.98. The zero-order valence-electron chi connectivity index (χ0n) is 16.7. The Balaban J connectivity index is 1.63. The number of phenolic OH excluding ortho intramolecular Hbond substituents is 1. The Bertz CT molecular complexity index is 865. The van der Waals surface area contributed by atoms with Crippen LogP contribution in [0.25, 0.3) is 10.9 Å². The van der Waals surface area contributed by atoms with Gasteiger partial charge in [0.15, 0.2) is 5.69 Å². The van der Waals surface area contributed by atoms with Gasteiger partial charge in [-0.15, -0.1) is 0 Å². The zero-order valence-corrected chi connectivity index (χ0v) is 13.7. The van der Waals surface area contributed by atoms with E-state index in [0.717, 1.165) is 30.4 Å². The van der Waals surface area contributed by atoms with Crippen molar-refractivity contribution in [2.75, 3.05) is 7.05 Å². The molecule has 1 amide bonds. The zero-order chi connectivity index (χ0) is 19.3. The summed E-state index contributed by atoms with van der Waals surface area (Å²) >= 11 is 0. The molecule has 4 rings (SSSR count). The van der Waals surface area contributed by atoms with E-state index in [1.807, 2.05) is 0 Å². The van der Waals surface area contributed by atoms with Crippen molar-refractivity contribution in [2.24, 2.45) is 6.98 Å². The Labute approximate surface area is 145 Å². The van der Waals surface area contributed by atoms with E-state index in [1.54, 1.807) is 12.1 Å². The Morgan fingerprint density at radius 3 is 2.83 bits per heavy atom. The number of nitrogens with zero attached hydrogens (tertiary/aromatic N) is 3. The van der Waals surface area contributed by atoms with Crippen LogP contribution in [0, 0.1) is 0 Å². The van der Waals surface area contributed by atoms with Gasteiger partial charge in [0.05, 0.1) is 0 Å². The number of benzene rings is 1. The Kier molecular flexibility index (Phi) is 2.96. The fraction of sp³-hybridized carbons (Fsp3) is 0.556. The summed E-state index contributed by atoms with van der Waals surface area (Å²) < 4.78 is 23.7. The summed E-state index contributed by atoms with van der Waals surface area (Å²) in [7, 11) is 2.15. The van der Waals surface area contributed by atoms with Crippen molar-refractivity contribution < 1.29 is 14.0 Å². The third-order valence-electron chi connectivity index (χ3n) is 5.57. The lowest BCUT2D eigenvalue weighted by Gasteiger charge is -2.47. The first-order valence-electron chi connectivity index (χ1n) is 9.99. The van der Waals surface area contributed by atoms with Crippen molar-refractivity contribution in [2.45, 2.75) is 50.2 Å². The van der Waals surface area contributed by atoms with Crippen LogP contribution in [0.2, 0.25) is 0 Å². The van der Waals surface area contributed by atoms with Gasteiger partial charge >= 0.3 is 0 Å². The highest BCUT2D eigenvalue weighted by Gasteiger charge is 2.36. The van der Waals surface area contributed by atoms with Crippen LogP contribution in [0.15, 0.2) is 18.2 Å². The lowest BCUT2D eigenvalue weighted by Crippen LogP contribution is -2.55. The van der Waals surface area contributed by atoms with E-state index in [2.05, 4.69) is 22.4 Å². The molecule has 2 aliphatic rings. The Morgan fingerprint density at radius 1 is 1.38 bits per heavy atom. The average Bonchev–Trinajstić information content (AvgIpc) is 2.97. The summed E-state index contributed by atoms with van der Waals surface area (Å²) in [4.78, 5) is 15.3. The van der Waals surface area contributed by atoms with Gasteiger partial charge in [-0.05, 0) is 38.8 Å². The fourth-order valence-electron chi connectivity index (χ4n) is 4.30. The summed E-state index contributed by atoms with van der Waals surface area (Å²) in [6.07, 6.45) is 5.30. The van der Waals surface area contributed by atoms with Crippen LogP contribution in [-0.4, -0.2) is 50.9 Å². The molecule has 0 radical (unpaired) electrons. The van der Waals surface area contributed by atoms with Crippen molar-refractivity contribution in [3.8, 4) is 5.75 Å². The van der Waals surface area contributed by atoms with Crippen molar-refractivity contribution in [3.05, 3.63) is 23.9 Å². The van der Waals surface area contributed by atoms with Gasteiger partial charge in [-0.25, -0.2) is 0 Å². The first kappa shape index (κ1) is 12.3. The molecule has 3 atom stereocenters. The average molecular weight is 331 g/mol. The third kappa shape index (κ3) is 2.45. The van der Waals surface area contributed by atoms with Crippen LogP contribution in [0.1, 0.15) is 46.7 Å². The molecule has 0 saturated carbocycles. The quantitative estimate of drug-likeness (QED) is 0.883. The summed E-state index contributed by atoms with van der Waals surface area (Å²) in [6, 6.07) is 5.59. The second-order valence-electron chi connectivity index (χ2n) is 6.98. The topological polar surface area (TPSA) is 70.4 Å². The molecule has 6 nitrogen and oxygen atoms in total. The SMILES string of the molecule is [2H]C([2H])([2H])n1nc(C(=O)NC2C[C@H]3CCC[C@@H](C2)N3C)c2cccc(O)c21. The maximum Gasteiger partial charge on any atom is 0.272 e. The van der Waals surface area contributed by atoms with Crippen LogP contribution in [-0.2, 0) is 6.98 Å². The van der Waals surface area contributed by atoms with Gasteiger partial charge in [0.2, 0.25) is 0 Å². The fourth-order valence-corrected chi connectivity index (χ4v) is 4.30. The first-order valence-corrected chi connectivity index (χ1v) is 8.49. The van der Waals surface area contributed by atoms with Crippen LogP contribution in [0.5, 0.6) is 5.75 Å². The summed E-state index contributed by atoms with van der Waals surface area (Å²) in [5, 5.41) is 17.6. The normalized spacial score (nSPS) is 29.7. The minimum atomic E-state index is -2.58. The molecule has 0 aliphatic carbocycles. The van der Waals surface area contributed by atoms with E-state index in [-0.39, 0.29) is 28.9 Å². The van der Waals surface area contributed by atoms with E-state index < -0.39 is 6.98 Å². The minimum Gasteiger partial charge on any atom is -0.506 e. The molecule has 1 aromatic carbocycles. The minimum absolute atomic E-state index is 0.0427. The number of aromatic nitrogens is 2. The predicted molar refractivity (Wildman–Crippen MR) is 92.1 cm³/mol. The molecular formula is C18H24N4O2. The molecule has 2 saturated heterocycles.